The van der Waals surface area contributed by atoms with Crippen molar-refractivity contribution in [2.75, 3.05) is 7.11 Å². The van der Waals surface area contributed by atoms with Crippen molar-refractivity contribution in [1.29, 1.82) is 0 Å². The van der Waals surface area contributed by atoms with Crippen LogP contribution in [0.2, 0.25) is 0 Å². The molecular formula is C19H18O4. The highest BCUT2D eigenvalue weighted by Crippen LogP contribution is 2.49. The van der Waals surface area contributed by atoms with Gasteiger partial charge in [-0.1, -0.05) is 18.2 Å². The third-order valence-electron chi connectivity index (χ3n) is 5.20. The van der Waals surface area contributed by atoms with E-state index < -0.39 is 5.97 Å². The normalized spacial score (nSPS) is 25.2. The Bertz CT molecular complexity index is 890. The minimum Gasteiger partial charge on any atom is -0.465 e. The van der Waals surface area contributed by atoms with Crippen molar-refractivity contribution in [1.82, 2.24) is 0 Å². The quantitative estimate of drug-likeness (QED) is 0.628. The van der Waals surface area contributed by atoms with Gasteiger partial charge in [0.1, 0.15) is 11.3 Å². The van der Waals surface area contributed by atoms with Crippen LogP contribution in [0, 0.1) is 18.8 Å². The second kappa shape index (κ2) is 5.08. The zero-order chi connectivity index (χ0) is 16.1. The van der Waals surface area contributed by atoms with Gasteiger partial charge >= 0.3 is 5.97 Å². The zero-order valence-corrected chi connectivity index (χ0v) is 13.2. The first-order valence-corrected chi connectivity index (χ1v) is 7.93. The Hall–Kier alpha value is -2.36. The minimum atomic E-state index is -0.485. The van der Waals surface area contributed by atoms with E-state index in [1.165, 1.54) is 7.11 Å². The number of fused-ring (bicyclic) bond motifs is 3. The fourth-order valence-corrected chi connectivity index (χ4v) is 4.03. The van der Waals surface area contributed by atoms with Crippen LogP contribution in [-0.2, 0) is 4.74 Å². The number of benzene rings is 1. The van der Waals surface area contributed by atoms with Gasteiger partial charge in [0, 0.05) is 11.5 Å². The second-order valence-corrected chi connectivity index (χ2v) is 6.48. The predicted octanol–water partition coefficient (Wildman–Crippen LogP) is 3.57. The van der Waals surface area contributed by atoms with Gasteiger partial charge in [-0.15, -0.1) is 0 Å². The Morgan fingerprint density at radius 2 is 2.09 bits per heavy atom. The van der Waals surface area contributed by atoms with E-state index in [-0.39, 0.29) is 11.3 Å². The molecule has 23 heavy (non-hydrogen) atoms. The lowest BCUT2D eigenvalue weighted by atomic mass is 9.88. The highest BCUT2D eigenvalue weighted by molar-refractivity contribution is 6.01. The maximum absolute atomic E-state index is 12.7. The van der Waals surface area contributed by atoms with E-state index in [2.05, 4.69) is 12.2 Å². The molecule has 0 spiro atoms. The van der Waals surface area contributed by atoms with Crippen LogP contribution in [0.1, 0.15) is 40.4 Å². The zero-order valence-electron chi connectivity index (χ0n) is 13.2. The molecule has 0 saturated heterocycles. The molecular weight excluding hydrogens is 292 g/mol. The molecule has 0 amide bonds. The fourth-order valence-electron chi connectivity index (χ4n) is 4.03. The van der Waals surface area contributed by atoms with Crippen molar-refractivity contribution in [3.05, 3.63) is 57.5 Å². The van der Waals surface area contributed by atoms with E-state index in [1.54, 1.807) is 18.2 Å². The summed E-state index contributed by atoms with van der Waals surface area (Å²) in [5, 5.41) is 0.438. The van der Waals surface area contributed by atoms with Crippen molar-refractivity contribution in [2.45, 2.75) is 25.7 Å². The minimum absolute atomic E-state index is 0.0567. The number of hydrogen-bond donors (Lipinski definition) is 0. The molecule has 1 saturated carbocycles. The first kappa shape index (κ1) is 14.2. The summed E-state index contributed by atoms with van der Waals surface area (Å²) in [7, 11) is 1.33. The summed E-state index contributed by atoms with van der Waals surface area (Å²) in [4.78, 5) is 24.7. The summed E-state index contributed by atoms with van der Waals surface area (Å²) in [6.07, 6.45) is 6.63. The maximum atomic E-state index is 12.7. The van der Waals surface area contributed by atoms with Gasteiger partial charge in [-0.2, -0.15) is 0 Å². The largest absolute Gasteiger partial charge is 0.465 e. The number of rotatable bonds is 2. The van der Waals surface area contributed by atoms with Gasteiger partial charge < -0.3 is 9.15 Å². The molecule has 118 valence electrons. The molecule has 2 aliphatic rings. The molecule has 1 aromatic heterocycles. The second-order valence-electron chi connectivity index (χ2n) is 6.48. The van der Waals surface area contributed by atoms with E-state index in [1.807, 2.05) is 6.92 Å². The van der Waals surface area contributed by atoms with Crippen molar-refractivity contribution in [3.63, 3.8) is 0 Å². The molecule has 2 aromatic rings. The van der Waals surface area contributed by atoms with Crippen LogP contribution in [0.15, 0.2) is 39.6 Å². The molecule has 0 N–H and O–H groups in total. The summed E-state index contributed by atoms with van der Waals surface area (Å²) in [6.45, 7) is 1.82. The van der Waals surface area contributed by atoms with Crippen LogP contribution in [0.4, 0.5) is 0 Å². The van der Waals surface area contributed by atoms with Crippen LogP contribution in [-0.4, -0.2) is 13.1 Å². The summed E-state index contributed by atoms with van der Waals surface area (Å²) in [5.74, 6) is 1.50. The molecule has 4 nitrogen and oxygen atoms in total. The standard InChI is InChI=1S/C19H18O4/c1-10-16(20)13-4-3-5-14(19(21)22-2)18(13)23-17(10)15-9-11-6-7-12(15)8-11/h3-7,11-12,15H,8-9H2,1-2H3/t11-,12+,15+/m1/s1. The van der Waals surface area contributed by atoms with Gasteiger partial charge in [-0.25, -0.2) is 4.79 Å². The molecule has 0 radical (unpaired) electrons. The lowest BCUT2D eigenvalue weighted by Crippen LogP contribution is -2.16. The molecule has 1 aromatic carbocycles. The van der Waals surface area contributed by atoms with Crippen molar-refractivity contribution in [2.24, 2.45) is 11.8 Å². The number of esters is 1. The Balaban J connectivity index is 1.95. The number of carbonyl (C=O) groups is 1. The van der Waals surface area contributed by atoms with Gasteiger partial charge in [0.05, 0.1) is 12.5 Å². The average Bonchev–Trinajstić information content (AvgIpc) is 3.20. The average molecular weight is 310 g/mol. The number of hydrogen-bond acceptors (Lipinski definition) is 4. The summed E-state index contributed by atoms with van der Waals surface area (Å²) >= 11 is 0. The van der Waals surface area contributed by atoms with E-state index in [9.17, 15) is 9.59 Å². The number of carbonyl (C=O) groups excluding carboxylic acids is 1. The summed E-state index contributed by atoms with van der Waals surface area (Å²) in [5.41, 5.74) is 1.25. The van der Waals surface area contributed by atoms with Crippen molar-refractivity contribution < 1.29 is 13.9 Å². The van der Waals surface area contributed by atoms with Gasteiger partial charge in [-0.05, 0) is 43.7 Å². The molecule has 4 rings (SSSR count). The summed E-state index contributed by atoms with van der Waals surface area (Å²) in [6, 6.07) is 5.02. The van der Waals surface area contributed by atoms with Crippen molar-refractivity contribution >= 4 is 16.9 Å². The topological polar surface area (TPSA) is 56.5 Å². The number of allylic oxidation sites excluding steroid dienone is 2. The third kappa shape index (κ3) is 2.05. The molecule has 1 fully saturated rings. The fraction of sp³-hybridized carbons (Fsp3) is 0.368. The molecule has 2 bridgehead atoms. The Kier molecular flexibility index (Phi) is 3.15. The lowest BCUT2D eigenvalue weighted by Gasteiger charge is -2.19. The lowest BCUT2D eigenvalue weighted by molar-refractivity contribution is 0.0601. The molecule has 2 aliphatic carbocycles. The Morgan fingerprint density at radius 3 is 2.74 bits per heavy atom. The molecule has 4 heteroatoms. The first-order chi connectivity index (χ1) is 11.1. The smallest absolute Gasteiger partial charge is 0.341 e. The highest BCUT2D eigenvalue weighted by atomic mass is 16.5. The number of para-hydroxylation sites is 1. The monoisotopic (exact) mass is 310 g/mol. The highest BCUT2D eigenvalue weighted by Gasteiger charge is 2.39. The van der Waals surface area contributed by atoms with E-state index in [0.717, 1.165) is 18.6 Å². The van der Waals surface area contributed by atoms with Gasteiger partial charge in [0.2, 0.25) is 0 Å². The number of ether oxygens (including phenoxy) is 1. The molecule has 0 aliphatic heterocycles. The van der Waals surface area contributed by atoms with Crippen LogP contribution < -0.4 is 5.43 Å². The van der Waals surface area contributed by atoms with Crippen LogP contribution >= 0.6 is 0 Å². The van der Waals surface area contributed by atoms with E-state index in [0.29, 0.717) is 33.9 Å². The van der Waals surface area contributed by atoms with E-state index in [4.69, 9.17) is 9.15 Å². The first-order valence-electron chi connectivity index (χ1n) is 7.93. The number of methoxy groups -OCH3 is 1. The van der Waals surface area contributed by atoms with Gasteiger partial charge in [-0.3, -0.25) is 4.79 Å². The van der Waals surface area contributed by atoms with Crippen LogP contribution in [0.3, 0.4) is 0 Å². The van der Waals surface area contributed by atoms with Crippen molar-refractivity contribution in [3.8, 4) is 0 Å². The third-order valence-corrected chi connectivity index (χ3v) is 5.20. The van der Waals surface area contributed by atoms with Crippen LogP contribution in [0.5, 0.6) is 0 Å². The Morgan fingerprint density at radius 1 is 1.26 bits per heavy atom. The predicted molar refractivity (Wildman–Crippen MR) is 86.7 cm³/mol. The van der Waals surface area contributed by atoms with E-state index >= 15 is 0 Å². The summed E-state index contributed by atoms with van der Waals surface area (Å²) < 4.78 is 10.9. The Labute approximate surface area is 133 Å². The van der Waals surface area contributed by atoms with Gasteiger partial charge in [0.25, 0.3) is 0 Å². The SMILES string of the molecule is COC(=O)c1cccc2c(=O)c(C)c([C@H]3C[C@@H]4C=C[C@H]3C4)oc12. The molecule has 1 heterocycles. The van der Waals surface area contributed by atoms with Gasteiger partial charge in [0.15, 0.2) is 11.0 Å². The van der Waals surface area contributed by atoms with Crippen LogP contribution in [0.25, 0.3) is 11.0 Å². The molecule has 0 unspecified atom stereocenters. The maximum Gasteiger partial charge on any atom is 0.341 e. The molecule has 3 atom stereocenters.